The van der Waals surface area contributed by atoms with Crippen LogP contribution in [0.4, 0.5) is 5.69 Å². The third-order valence-corrected chi connectivity index (χ3v) is 6.06. The van der Waals surface area contributed by atoms with E-state index in [2.05, 4.69) is 10.2 Å². The predicted octanol–water partition coefficient (Wildman–Crippen LogP) is 1.41. The highest BCUT2D eigenvalue weighted by Gasteiger charge is 2.44. The third-order valence-electron chi connectivity index (χ3n) is 6.06. The summed E-state index contributed by atoms with van der Waals surface area (Å²) in [6, 6.07) is 5.98. The number of carbonyl (C=O) groups excluding carboxylic acids is 2. The number of methoxy groups -OCH3 is 2. The van der Waals surface area contributed by atoms with Gasteiger partial charge in [0, 0.05) is 37.7 Å². The zero-order chi connectivity index (χ0) is 19.0. The van der Waals surface area contributed by atoms with Gasteiger partial charge in [0.1, 0.15) is 11.5 Å². The minimum Gasteiger partial charge on any atom is -0.497 e. The Balaban J connectivity index is 1.53. The summed E-state index contributed by atoms with van der Waals surface area (Å²) in [6.45, 7) is 2.23. The van der Waals surface area contributed by atoms with Gasteiger partial charge in [0.25, 0.3) is 0 Å². The van der Waals surface area contributed by atoms with Crippen LogP contribution >= 0.6 is 0 Å². The Hall–Kier alpha value is -2.28. The zero-order valence-electron chi connectivity index (χ0n) is 15.9. The highest BCUT2D eigenvalue weighted by Crippen LogP contribution is 2.37. The van der Waals surface area contributed by atoms with Crippen LogP contribution in [0.1, 0.15) is 25.7 Å². The quantitative estimate of drug-likeness (QED) is 0.864. The molecule has 7 heteroatoms. The van der Waals surface area contributed by atoms with Crippen LogP contribution in [0, 0.1) is 5.92 Å². The Bertz CT molecular complexity index is 724. The molecule has 4 rings (SSSR count). The Morgan fingerprint density at radius 2 is 1.96 bits per heavy atom. The standard InChI is InChI=1S/C20H27N3O4/c1-26-16-5-6-17(18(10-16)27-2)22-12-13(9-19(22)24)20(25)23-14-3-4-15(23)11-21-8-7-14/h5-6,10,13-15,21H,3-4,7-9,11-12H2,1-2H3. The number of hydrogen-bond donors (Lipinski definition) is 1. The average molecular weight is 373 g/mol. The highest BCUT2D eigenvalue weighted by molar-refractivity contribution is 6.01. The van der Waals surface area contributed by atoms with E-state index in [4.69, 9.17) is 9.47 Å². The maximum atomic E-state index is 13.3. The fourth-order valence-corrected chi connectivity index (χ4v) is 4.67. The number of fused-ring (bicyclic) bond motifs is 2. The molecule has 1 aromatic rings. The molecular weight excluding hydrogens is 346 g/mol. The molecule has 1 N–H and O–H groups in total. The Morgan fingerprint density at radius 1 is 1.15 bits per heavy atom. The van der Waals surface area contributed by atoms with Gasteiger partial charge in [0.2, 0.25) is 11.8 Å². The van der Waals surface area contributed by atoms with Gasteiger partial charge in [-0.1, -0.05) is 0 Å². The molecule has 2 amide bonds. The maximum Gasteiger partial charge on any atom is 0.228 e. The molecule has 0 aromatic heterocycles. The summed E-state index contributed by atoms with van der Waals surface area (Å²) in [6.07, 6.45) is 3.39. The van der Waals surface area contributed by atoms with E-state index in [1.807, 2.05) is 6.07 Å². The summed E-state index contributed by atoms with van der Waals surface area (Å²) >= 11 is 0. The second-order valence-corrected chi connectivity index (χ2v) is 7.57. The molecule has 0 radical (unpaired) electrons. The number of hydrogen-bond acceptors (Lipinski definition) is 5. The van der Waals surface area contributed by atoms with Crippen molar-refractivity contribution in [2.24, 2.45) is 5.92 Å². The highest BCUT2D eigenvalue weighted by atomic mass is 16.5. The summed E-state index contributed by atoms with van der Waals surface area (Å²) in [5.41, 5.74) is 0.694. The number of rotatable bonds is 4. The lowest BCUT2D eigenvalue weighted by Gasteiger charge is -2.30. The SMILES string of the molecule is COc1ccc(N2CC(C(=O)N3C4CCNCC3CC4)CC2=O)c(OC)c1. The largest absolute Gasteiger partial charge is 0.497 e. The molecule has 3 saturated heterocycles. The van der Waals surface area contributed by atoms with Crippen molar-refractivity contribution < 1.29 is 19.1 Å². The molecule has 3 heterocycles. The summed E-state index contributed by atoms with van der Waals surface area (Å²) in [5.74, 6) is 1.07. The van der Waals surface area contributed by atoms with Gasteiger partial charge in [-0.15, -0.1) is 0 Å². The van der Waals surface area contributed by atoms with Crippen molar-refractivity contribution in [2.75, 3.05) is 38.8 Å². The monoisotopic (exact) mass is 373 g/mol. The summed E-state index contributed by atoms with van der Waals surface area (Å²) in [4.78, 5) is 29.7. The number of carbonyl (C=O) groups is 2. The van der Waals surface area contributed by atoms with E-state index < -0.39 is 0 Å². The van der Waals surface area contributed by atoms with E-state index in [0.717, 1.165) is 32.4 Å². The first-order chi connectivity index (χ1) is 13.1. The third kappa shape index (κ3) is 3.25. The number of ether oxygens (including phenoxy) is 2. The second kappa shape index (κ2) is 7.38. The van der Waals surface area contributed by atoms with Crippen molar-refractivity contribution in [2.45, 2.75) is 37.8 Å². The molecular formula is C20H27N3O4. The number of nitrogens with zero attached hydrogens (tertiary/aromatic N) is 2. The molecule has 0 spiro atoms. The molecule has 1 aromatic carbocycles. The van der Waals surface area contributed by atoms with Crippen LogP contribution in [0.15, 0.2) is 18.2 Å². The first kappa shape index (κ1) is 18.1. The van der Waals surface area contributed by atoms with Crippen LogP contribution < -0.4 is 19.7 Å². The molecule has 3 fully saturated rings. The molecule has 146 valence electrons. The Kier molecular flexibility index (Phi) is 4.95. The van der Waals surface area contributed by atoms with Crippen LogP contribution in [0.5, 0.6) is 11.5 Å². The first-order valence-corrected chi connectivity index (χ1v) is 9.67. The van der Waals surface area contributed by atoms with Crippen molar-refractivity contribution in [3.05, 3.63) is 18.2 Å². The van der Waals surface area contributed by atoms with E-state index in [0.29, 0.717) is 29.8 Å². The van der Waals surface area contributed by atoms with Crippen molar-refractivity contribution >= 4 is 17.5 Å². The number of nitrogens with one attached hydrogen (secondary N) is 1. The van der Waals surface area contributed by atoms with E-state index in [1.54, 1.807) is 31.3 Å². The Labute approximate surface area is 159 Å². The van der Waals surface area contributed by atoms with Gasteiger partial charge in [0.05, 0.1) is 25.8 Å². The van der Waals surface area contributed by atoms with Crippen LogP contribution in [0.2, 0.25) is 0 Å². The second-order valence-electron chi connectivity index (χ2n) is 7.57. The van der Waals surface area contributed by atoms with Crippen molar-refractivity contribution in [1.29, 1.82) is 0 Å². The average Bonchev–Trinajstić information content (AvgIpc) is 3.18. The minimum atomic E-state index is -0.287. The molecule has 7 nitrogen and oxygen atoms in total. The van der Waals surface area contributed by atoms with Gasteiger partial charge >= 0.3 is 0 Å². The topological polar surface area (TPSA) is 71.1 Å². The van der Waals surface area contributed by atoms with Crippen molar-refractivity contribution in [1.82, 2.24) is 10.2 Å². The number of amides is 2. The lowest BCUT2D eigenvalue weighted by Crippen LogP contribution is -2.46. The maximum absolute atomic E-state index is 13.3. The van der Waals surface area contributed by atoms with E-state index in [9.17, 15) is 9.59 Å². The summed E-state index contributed by atoms with van der Waals surface area (Å²) < 4.78 is 10.7. The molecule has 27 heavy (non-hydrogen) atoms. The number of benzene rings is 1. The van der Waals surface area contributed by atoms with Gasteiger partial charge in [-0.2, -0.15) is 0 Å². The van der Waals surface area contributed by atoms with E-state index >= 15 is 0 Å². The molecule has 3 aliphatic rings. The van der Waals surface area contributed by atoms with Gasteiger partial charge in [-0.05, 0) is 37.9 Å². The first-order valence-electron chi connectivity index (χ1n) is 9.67. The molecule has 0 aliphatic carbocycles. The molecule has 3 aliphatic heterocycles. The van der Waals surface area contributed by atoms with Gasteiger partial charge in [0.15, 0.2) is 0 Å². The molecule has 0 saturated carbocycles. The lowest BCUT2D eigenvalue weighted by molar-refractivity contribution is -0.138. The number of anilines is 1. The van der Waals surface area contributed by atoms with E-state index in [1.165, 1.54) is 0 Å². The van der Waals surface area contributed by atoms with Gasteiger partial charge in [-0.3, -0.25) is 9.59 Å². The lowest BCUT2D eigenvalue weighted by atomic mass is 10.1. The van der Waals surface area contributed by atoms with Gasteiger partial charge in [-0.25, -0.2) is 0 Å². The fraction of sp³-hybridized carbons (Fsp3) is 0.600. The minimum absolute atomic E-state index is 0.0305. The Morgan fingerprint density at radius 3 is 2.74 bits per heavy atom. The van der Waals surface area contributed by atoms with Crippen LogP contribution in [-0.4, -0.2) is 62.7 Å². The van der Waals surface area contributed by atoms with Crippen molar-refractivity contribution in [3.8, 4) is 11.5 Å². The fourth-order valence-electron chi connectivity index (χ4n) is 4.67. The summed E-state index contributed by atoms with van der Waals surface area (Å²) in [5, 5.41) is 3.42. The zero-order valence-corrected chi connectivity index (χ0v) is 15.9. The van der Waals surface area contributed by atoms with Crippen LogP contribution in [0.25, 0.3) is 0 Å². The molecule has 3 atom stereocenters. The molecule has 2 bridgehead atoms. The van der Waals surface area contributed by atoms with E-state index in [-0.39, 0.29) is 30.2 Å². The predicted molar refractivity (Wildman–Crippen MR) is 101 cm³/mol. The smallest absolute Gasteiger partial charge is 0.228 e. The molecule has 3 unspecified atom stereocenters. The van der Waals surface area contributed by atoms with Crippen molar-refractivity contribution in [3.63, 3.8) is 0 Å². The summed E-state index contributed by atoms with van der Waals surface area (Å²) in [7, 11) is 3.16. The van der Waals surface area contributed by atoms with Crippen LogP contribution in [-0.2, 0) is 9.59 Å². The van der Waals surface area contributed by atoms with Gasteiger partial charge < -0.3 is 24.6 Å². The van der Waals surface area contributed by atoms with Crippen LogP contribution in [0.3, 0.4) is 0 Å². The normalized spacial score (nSPS) is 27.6.